The van der Waals surface area contributed by atoms with Gasteiger partial charge in [0.25, 0.3) is 0 Å². The van der Waals surface area contributed by atoms with Gasteiger partial charge in [0.15, 0.2) is 0 Å². The minimum absolute atomic E-state index is 0.125. The molecule has 0 saturated heterocycles. The molecular formula is C10H20N2O. The minimum Gasteiger partial charge on any atom is -0.339 e. The van der Waals surface area contributed by atoms with Crippen molar-refractivity contribution in [2.24, 2.45) is 11.7 Å². The number of carbonyl (C=O) groups excluding carboxylic acids is 1. The van der Waals surface area contributed by atoms with E-state index in [0.29, 0.717) is 6.04 Å². The molecule has 13 heavy (non-hydrogen) atoms. The average Bonchev–Trinajstić information content (AvgIpc) is 2.88. The molecule has 1 atom stereocenters. The number of likely N-dealkylation sites (N-methyl/N-ethyl adjacent to an activating group) is 1. The van der Waals surface area contributed by atoms with Gasteiger partial charge in [-0.1, -0.05) is 13.8 Å². The first-order valence-electron chi connectivity index (χ1n) is 5.14. The van der Waals surface area contributed by atoms with Gasteiger partial charge in [-0.15, -0.1) is 0 Å². The van der Waals surface area contributed by atoms with Crippen molar-refractivity contribution in [1.29, 1.82) is 0 Å². The maximum atomic E-state index is 11.8. The van der Waals surface area contributed by atoms with Gasteiger partial charge in [-0.05, 0) is 25.7 Å². The average molecular weight is 184 g/mol. The van der Waals surface area contributed by atoms with Crippen molar-refractivity contribution < 1.29 is 4.79 Å². The summed E-state index contributed by atoms with van der Waals surface area (Å²) in [6, 6.07) is 0.169. The molecule has 1 fully saturated rings. The van der Waals surface area contributed by atoms with E-state index in [1.54, 1.807) is 0 Å². The normalized spacial score (nSPS) is 18.8. The predicted molar refractivity (Wildman–Crippen MR) is 53.2 cm³/mol. The van der Waals surface area contributed by atoms with Crippen LogP contribution in [0.25, 0.3) is 0 Å². The molecule has 0 aromatic rings. The number of hydrogen-bond donors (Lipinski definition) is 1. The first kappa shape index (κ1) is 10.5. The second-order valence-corrected chi connectivity index (χ2v) is 4.13. The Morgan fingerprint density at radius 1 is 1.54 bits per heavy atom. The van der Waals surface area contributed by atoms with Crippen LogP contribution in [0.3, 0.4) is 0 Å². The van der Waals surface area contributed by atoms with Crippen molar-refractivity contribution in [3.63, 3.8) is 0 Å². The molecule has 0 bridgehead atoms. The van der Waals surface area contributed by atoms with Crippen LogP contribution in [0.15, 0.2) is 0 Å². The number of carbonyl (C=O) groups is 1. The van der Waals surface area contributed by atoms with Crippen LogP contribution in [0.4, 0.5) is 0 Å². The monoisotopic (exact) mass is 184 g/mol. The van der Waals surface area contributed by atoms with Gasteiger partial charge >= 0.3 is 0 Å². The van der Waals surface area contributed by atoms with Gasteiger partial charge in [-0.25, -0.2) is 0 Å². The summed E-state index contributed by atoms with van der Waals surface area (Å²) in [5.74, 6) is 0.361. The fourth-order valence-electron chi connectivity index (χ4n) is 1.46. The molecule has 1 amide bonds. The molecular weight excluding hydrogens is 164 g/mol. The lowest BCUT2D eigenvalue weighted by Crippen LogP contribution is -2.47. The van der Waals surface area contributed by atoms with Crippen molar-refractivity contribution in [3.05, 3.63) is 0 Å². The Morgan fingerprint density at radius 2 is 2.08 bits per heavy atom. The first-order valence-corrected chi connectivity index (χ1v) is 5.14. The van der Waals surface area contributed by atoms with Gasteiger partial charge in [0.2, 0.25) is 5.91 Å². The topological polar surface area (TPSA) is 46.3 Å². The lowest BCUT2D eigenvalue weighted by Gasteiger charge is -2.25. The molecule has 1 aliphatic rings. The Labute approximate surface area is 80.3 Å². The van der Waals surface area contributed by atoms with E-state index in [9.17, 15) is 4.79 Å². The molecule has 1 saturated carbocycles. The van der Waals surface area contributed by atoms with Crippen molar-refractivity contribution >= 4 is 5.91 Å². The van der Waals surface area contributed by atoms with Gasteiger partial charge in [0, 0.05) is 12.6 Å². The minimum atomic E-state index is -0.319. The van der Waals surface area contributed by atoms with E-state index in [1.807, 2.05) is 25.7 Å². The third-order valence-electron chi connectivity index (χ3n) is 2.61. The van der Waals surface area contributed by atoms with Crippen LogP contribution in [-0.2, 0) is 4.79 Å². The number of rotatable bonds is 4. The quantitative estimate of drug-likeness (QED) is 0.708. The van der Waals surface area contributed by atoms with Gasteiger partial charge in [0.05, 0.1) is 6.04 Å². The highest BCUT2D eigenvalue weighted by Gasteiger charge is 2.34. The lowest BCUT2D eigenvalue weighted by molar-refractivity contribution is -0.133. The summed E-state index contributed by atoms with van der Waals surface area (Å²) in [6.07, 6.45) is 2.31. The SMILES string of the molecule is CCN(C(=O)[C@@H](N)C(C)C)C1CC1. The highest BCUT2D eigenvalue weighted by atomic mass is 16.2. The summed E-state index contributed by atoms with van der Waals surface area (Å²) in [4.78, 5) is 13.7. The zero-order valence-corrected chi connectivity index (χ0v) is 8.79. The molecule has 0 spiro atoms. The van der Waals surface area contributed by atoms with E-state index < -0.39 is 0 Å². The highest BCUT2D eigenvalue weighted by Crippen LogP contribution is 2.27. The lowest BCUT2D eigenvalue weighted by atomic mass is 10.0. The second-order valence-electron chi connectivity index (χ2n) is 4.13. The summed E-state index contributed by atoms with van der Waals surface area (Å²) in [7, 11) is 0. The van der Waals surface area contributed by atoms with E-state index in [2.05, 4.69) is 0 Å². The van der Waals surface area contributed by atoms with Gasteiger partial charge in [0.1, 0.15) is 0 Å². The largest absolute Gasteiger partial charge is 0.339 e. The first-order chi connectivity index (χ1) is 6.07. The molecule has 1 rings (SSSR count). The van der Waals surface area contributed by atoms with Gasteiger partial charge in [-0.3, -0.25) is 4.79 Å². The zero-order valence-electron chi connectivity index (χ0n) is 8.79. The van der Waals surface area contributed by atoms with Crippen LogP contribution >= 0.6 is 0 Å². The molecule has 2 N–H and O–H groups in total. The maximum Gasteiger partial charge on any atom is 0.239 e. The number of amides is 1. The maximum absolute atomic E-state index is 11.8. The standard InChI is InChI=1S/C10H20N2O/c1-4-12(8-5-6-8)10(13)9(11)7(2)3/h7-9H,4-6,11H2,1-3H3/t9-/m0/s1. The summed E-state index contributed by atoms with van der Waals surface area (Å²) in [5, 5.41) is 0. The van der Waals surface area contributed by atoms with Crippen LogP contribution in [0, 0.1) is 5.92 Å². The molecule has 0 aliphatic heterocycles. The molecule has 1 aliphatic carbocycles. The number of nitrogens with zero attached hydrogens (tertiary/aromatic N) is 1. The van der Waals surface area contributed by atoms with Crippen LogP contribution < -0.4 is 5.73 Å². The smallest absolute Gasteiger partial charge is 0.239 e. The third-order valence-corrected chi connectivity index (χ3v) is 2.61. The fourth-order valence-corrected chi connectivity index (χ4v) is 1.46. The second kappa shape index (κ2) is 4.09. The van der Waals surface area contributed by atoms with Crippen molar-refractivity contribution in [2.75, 3.05) is 6.54 Å². The van der Waals surface area contributed by atoms with E-state index in [-0.39, 0.29) is 17.9 Å². The van der Waals surface area contributed by atoms with Crippen molar-refractivity contribution in [2.45, 2.75) is 45.7 Å². The Morgan fingerprint density at radius 3 is 2.38 bits per heavy atom. The molecule has 3 nitrogen and oxygen atoms in total. The van der Waals surface area contributed by atoms with Crippen LogP contribution in [-0.4, -0.2) is 29.4 Å². The Bertz CT molecular complexity index is 187. The van der Waals surface area contributed by atoms with Gasteiger partial charge in [-0.2, -0.15) is 0 Å². The zero-order chi connectivity index (χ0) is 10.0. The summed E-state index contributed by atoms with van der Waals surface area (Å²) >= 11 is 0. The predicted octanol–water partition coefficient (Wildman–Crippen LogP) is 0.981. The molecule has 3 heteroatoms. The van der Waals surface area contributed by atoms with Crippen LogP contribution in [0.2, 0.25) is 0 Å². The van der Waals surface area contributed by atoms with Crippen LogP contribution in [0.5, 0.6) is 0 Å². The van der Waals surface area contributed by atoms with Gasteiger partial charge < -0.3 is 10.6 Å². The molecule has 0 unspecified atom stereocenters. The van der Waals surface area contributed by atoms with E-state index in [1.165, 1.54) is 0 Å². The highest BCUT2D eigenvalue weighted by molar-refractivity contribution is 5.82. The fraction of sp³-hybridized carbons (Fsp3) is 0.900. The molecule has 0 heterocycles. The molecule has 76 valence electrons. The van der Waals surface area contributed by atoms with Crippen molar-refractivity contribution in [3.8, 4) is 0 Å². The molecule has 0 radical (unpaired) electrons. The molecule has 0 aromatic heterocycles. The van der Waals surface area contributed by atoms with E-state index in [4.69, 9.17) is 5.73 Å². The van der Waals surface area contributed by atoms with E-state index >= 15 is 0 Å². The number of nitrogens with two attached hydrogens (primary N) is 1. The number of hydrogen-bond acceptors (Lipinski definition) is 2. The Hall–Kier alpha value is -0.570. The van der Waals surface area contributed by atoms with Crippen LogP contribution in [0.1, 0.15) is 33.6 Å². The Kier molecular flexibility index (Phi) is 3.31. The third kappa shape index (κ3) is 2.44. The summed E-state index contributed by atoms with van der Waals surface area (Å²) < 4.78 is 0. The summed E-state index contributed by atoms with van der Waals surface area (Å²) in [5.41, 5.74) is 5.81. The Balaban J connectivity index is 2.52. The van der Waals surface area contributed by atoms with Crippen molar-refractivity contribution in [1.82, 2.24) is 4.90 Å². The summed E-state index contributed by atoms with van der Waals surface area (Å²) in [6.45, 7) is 6.79. The molecule has 0 aromatic carbocycles. The van der Waals surface area contributed by atoms with E-state index in [0.717, 1.165) is 19.4 Å².